The Balaban J connectivity index is 1.71. The van der Waals surface area contributed by atoms with E-state index in [9.17, 15) is 4.79 Å². The number of carbonyl (C=O) groups is 1. The van der Waals surface area contributed by atoms with Crippen molar-refractivity contribution < 1.29 is 4.79 Å². The molecule has 1 aliphatic rings. The van der Waals surface area contributed by atoms with Gasteiger partial charge in [0.25, 0.3) is 0 Å². The van der Waals surface area contributed by atoms with E-state index >= 15 is 0 Å². The third-order valence-corrected chi connectivity index (χ3v) is 4.32. The summed E-state index contributed by atoms with van der Waals surface area (Å²) in [6.07, 6.45) is 4.24. The molecule has 7 heteroatoms. The highest BCUT2D eigenvalue weighted by atomic mass is 16.2. The molecule has 0 radical (unpaired) electrons. The van der Waals surface area contributed by atoms with E-state index in [0.29, 0.717) is 19.5 Å². The van der Waals surface area contributed by atoms with Crippen molar-refractivity contribution in [1.29, 1.82) is 0 Å². The summed E-state index contributed by atoms with van der Waals surface area (Å²) >= 11 is 0. The number of fused-ring (bicyclic) bond motifs is 1. The summed E-state index contributed by atoms with van der Waals surface area (Å²) < 4.78 is 3.77. The highest BCUT2D eigenvalue weighted by molar-refractivity contribution is 5.81. The van der Waals surface area contributed by atoms with E-state index in [1.807, 2.05) is 54.2 Å². The second-order valence-electron chi connectivity index (χ2n) is 6.01. The van der Waals surface area contributed by atoms with Crippen LogP contribution in [0.15, 0.2) is 48.8 Å². The zero-order valence-corrected chi connectivity index (χ0v) is 13.4. The summed E-state index contributed by atoms with van der Waals surface area (Å²) in [5.41, 5.74) is 1.12. The number of aromatic nitrogens is 5. The van der Waals surface area contributed by atoms with Gasteiger partial charge in [0.2, 0.25) is 5.91 Å². The van der Waals surface area contributed by atoms with Gasteiger partial charge in [0.1, 0.15) is 12.6 Å². The van der Waals surface area contributed by atoms with Crippen molar-refractivity contribution in [3.05, 3.63) is 66.0 Å². The maximum absolute atomic E-state index is 12.8. The summed E-state index contributed by atoms with van der Waals surface area (Å²) in [7, 11) is 1.81. The highest BCUT2D eigenvalue weighted by Crippen LogP contribution is 2.26. The van der Waals surface area contributed by atoms with Gasteiger partial charge in [0, 0.05) is 25.9 Å². The Kier molecular flexibility index (Phi) is 3.60. The van der Waals surface area contributed by atoms with Crippen LogP contribution in [0.5, 0.6) is 0 Å². The van der Waals surface area contributed by atoms with Gasteiger partial charge in [-0.3, -0.25) is 14.0 Å². The number of benzene rings is 1. The van der Waals surface area contributed by atoms with Gasteiger partial charge in [-0.15, -0.1) is 10.2 Å². The van der Waals surface area contributed by atoms with Crippen molar-refractivity contribution in [3.8, 4) is 0 Å². The van der Waals surface area contributed by atoms with Crippen LogP contribution >= 0.6 is 0 Å². The minimum absolute atomic E-state index is 0.0906. The Hall–Kier alpha value is -2.96. The van der Waals surface area contributed by atoms with Crippen LogP contribution in [0.2, 0.25) is 0 Å². The van der Waals surface area contributed by atoms with Gasteiger partial charge in [-0.1, -0.05) is 30.3 Å². The Morgan fingerprint density at radius 3 is 2.75 bits per heavy atom. The van der Waals surface area contributed by atoms with Gasteiger partial charge in [0.15, 0.2) is 11.6 Å². The summed E-state index contributed by atoms with van der Waals surface area (Å²) in [5, 5.41) is 12.8. The lowest BCUT2D eigenvalue weighted by atomic mass is 10.0. The maximum Gasteiger partial charge on any atom is 0.246 e. The van der Waals surface area contributed by atoms with Crippen molar-refractivity contribution in [2.75, 3.05) is 7.05 Å². The molecule has 1 amide bonds. The van der Waals surface area contributed by atoms with E-state index < -0.39 is 0 Å². The molecule has 122 valence electrons. The minimum Gasteiger partial charge on any atom is -0.336 e. The van der Waals surface area contributed by atoms with E-state index in [1.54, 1.807) is 15.8 Å². The molecular weight excluding hydrogens is 304 g/mol. The van der Waals surface area contributed by atoms with Crippen LogP contribution in [0.3, 0.4) is 0 Å². The number of nitrogens with zero attached hydrogens (tertiary/aromatic N) is 6. The normalized spacial score (nSPS) is 17.1. The predicted octanol–water partition coefficient (Wildman–Crippen LogP) is 1.28. The van der Waals surface area contributed by atoms with Crippen LogP contribution in [-0.2, 0) is 24.3 Å². The molecule has 0 saturated carbocycles. The fourth-order valence-electron chi connectivity index (χ4n) is 3.15. The number of carbonyl (C=O) groups excluding carboxylic acids is 1. The topological polar surface area (TPSA) is 68.8 Å². The maximum atomic E-state index is 12.8. The average molecular weight is 322 g/mol. The molecule has 3 aromatic rings. The Morgan fingerprint density at radius 1 is 1.17 bits per heavy atom. The number of amides is 1. The molecule has 0 fully saturated rings. The van der Waals surface area contributed by atoms with Gasteiger partial charge in [-0.2, -0.15) is 5.10 Å². The predicted molar refractivity (Wildman–Crippen MR) is 87.0 cm³/mol. The number of hydrogen-bond acceptors (Lipinski definition) is 4. The molecule has 24 heavy (non-hydrogen) atoms. The first-order valence-electron chi connectivity index (χ1n) is 7.91. The molecule has 4 rings (SSSR count). The van der Waals surface area contributed by atoms with E-state index in [4.69, 9.17) is 0 Å². The van der Waals surface area contributed by atoms with Crippen molar-refractivity contribution in [1.82, 2.24) is 29.4 Å². The van der Waals surface area contributed by atoms with Crippen LogP contribution in [0.1, 0.15) is 23.3 Å². The second-order valence-corrected chi connectivity index (χ2v) is 6.01. The summed E-state index contributed by atoms with van der Waals surface area (Å²) in [6.45, 7) is 0.985. The number of rotatable bonds is 4. The van der Waals surface area contributed by atoms with Gasteiger partial charge < -0.3 is 4.90 Å². The smallest absolute Gasteiger partial charge is 0.246 e. The fourth-order valence-corrected chi connectivity index (χ4v) is 3.15. The molecule has 0 saturated heterocycles. The first kappa shape index (κ1) is 14.6. The Morgan fingerprint density at radius 2 is 2.00 bits per heavy atom. The molecular formula is C17H18N6O. The molecule has 1 aromatic carbocycles. The zero-order chi connectivity index (χ0) is 16.5. The van der Waals surface area contributed by atoms with Gasteiger partial charge in [-0.25, -0.2) is 0 Å². The molecule has 1 atom stereocenters. The standard InChI is InChI=1S/C17H18N6O/c1-21-11-15-19-20-16(12-22-9-5-8-18-22)23(15)14(17(21)24)10-13-6-3-2-4-7-13/h2-9,14H,10-12H2,1H3/t14-/m0/s1. The van der Waals surface area contributed by atoms with Gasteiger partial charge >= 0.3 is 0 Å². The third kappa shape index (κ3) is 2.58. The Labute approximate surface area is 139 Å². The van der Waals surface area contributed by atoms with Crippen molar-refractivity contribution in [3.63, 3.8) is 0 Å². The molecule has 0 N–H and O–H groups in total. The van der Waals surface area contributed by atoms with E-state index in [0.717, 1.165) is 17.2 Å². The number of likely N-dealkylation sites (N-methyl/N-ethyl adjacent to an activating group) is 1. The fraction of sp³-hybridized carbons (Fsp3) is 0.294. The molecule has 0 aliphatic carbocycles. The SMILES string of the molecule is CN1Cc2nnc(Cn3cccn3)n2[C@@H](Cc2ccccc2)C1=O. The Bertz CT molecular complexity index is 839. The highest BCUT2D eigenvalue weighted by Gasteiger charge is 2.34. The van der Waals surface area contributed by atoms with E-state index in [2.05, 4.69) is 15.3 Å². The molecule has 0 unspecified atom stereocenters. The van der Waals surface area contributed by atoms with Crippen LogP contribution in [0, 0.1) is 0 Å². The van der Waals surface area contributed by atoms with E-state index in [1.165, 1.54) is 0 Å². The quantitative estimate of drug-likeness (QED) is 0.725. The van der Waals surface area contributed by atoms with Crippen LogP contribution in [0.25, 0.3) is 0 Å². The first-order chi connectivity index (χ1) is 11.7. The zero-order valence-electron chi connectivity index (χ0n) is 13.4. The molecule has 7 nitrogen and oxygen atoms in total. The van der Waals surface area contributed by atoms with Crippen LogP contribution < -0.4 is 0 Å². The lowest BCUT2D eigenvalue weighted by Crippen LogP contribution is -2.42. The largest absolute Gasteiger partial charge is 0.336 e. The molecule has 2 aromatic heterocycles. The lowest BCUT2D eigenvalue weighted by molar-refractivity contribution is -0.136. The first-order valence-corrected chi connectivity index (χ1v) is 7.91. The van der Waals surface area contributed by atoms with Gasteiger partial charge in [0.05, 0.1) is 6.54 Å². The average Bonchev–Trinajstić information content (AvgIpc) is 3.23. The molecule has 0 spiro atoms. The monoisotopic (exact) mass is 322 g/mol. The van der Waals surface area contributed by atoms with Gasteiger partial charge in [-0.05, 0) is 11.6 Å². The molecule has 1 aliphatic heterocycles. The third-order valence-electron chi connectivity index (χ3n) is 4.32. The minimum atomic E-state index is -0.318. The lowest BCUT2D eigenvalue weighted by Gasteiger charge is -2.31. The molecule has 0 bridgehead atoms. The van der Waals surface area contributed by atoms with E-state index in [-0.39, 0.29) is 11.9 Å². The summed E-state index contributed by atoms with van der Waals surface area (Å²) in [4.78, 5) is 14.5. The van der Waals surface area contributed by atoms with Crippen molar-refractivity contribution in [2.24, 2.45) is 0 Å². The van der Waals surface area contributed by atoms with Crippen LogP contribution in [0.4, 0.5) is 0 Å². The van der Waals surface area contributed by atoms with Crippen molar-refractivity contribution in [2.45, 2.75) is 25.6 Å². The second kappa shape index (κ2) is 5.92. The molecule has 3 heterocycles. The van der Waals surface area contributed by atoms with Crippen LogP contribution in [-0.4, -0.2) is 42.4 Å². The number of hydrogen-bond donors (Lipinski definition) is 0. The summed E-state index contributed by atoms with van der Waals surface area (Å²) in [5.74, 6) is 1.67. The summed E-state index contributed by atoms with van der Waals surface area (Å²) in [6, 6.07) is 11.6. The van der Waals surface area contributed by atoms with Crippen molar-refractivity contribution >= 4 is 5.91 Å².